The Morgan fingerprint density at radius 1 is 1.24 bits per heavy atom. The van der Waals surface area contributed by atoms with Crippen LogP contribution in [0.15, 0.2) is 48.6 Å². The molecule has 1 fully saturated rings. The number of carbonyl (C=O) groups is 1. The lowest BCUT2D eigenvalue weighted by molar-refractivity contribution is -0.140. The molecule has 0 aromatic heterocycles. The Balaban J connectivity index is 1.86. The van der Waals surface area contributed by atoms with Crippen molar-refractivity contribution in [3.05, 3.63) is 54.1 Å². The van der Waals surface area contributed by atoms with E-state index < -0.39 is 30.1 Å². The van der Waals surface area contributed by atoms with Gasteiger partial charge in [0.25, 0.3) is 0 Å². The second-order valence-electron chi connectivity index (χ2n) is 8.08. The first-order valence-electron chi connectivity index (χ1n) is 10.9. The summed E-state index contributed by atoms with van der Waals surface area (Å²) in [6, 6.07) is 4.39. The van der Waals surface area contributed by atoms with E-state index in [0.717, 1.165) is 12.1 Å². The summed E-state index contributed by atoms with van der Waals surface area (Å²) in [5, 5.41) is 30.7. The van der Waals surface area contributed by atoms with Crippen LogP contribution in [-0.4, -0.2) is 53.3 Å². The van der Waals surface area contributed by atoms with Crippen LogP contribution in [0.5, 0.6) is 5.75 Å². The van der Waals surface area contributed by atoms with E-state index in [-0.39, 0.29) is 36.6 Å². The lowest BCUT2D eigenvalue weighted by Crippen LogP contribution is -2.21. The number of alkyl halides is 3. The van der Waals surface area contributed by atoms with E-state index >= 15 is 0 Å². The minimum atomic E-state index is -4.48. The minimum absolute atomic E-state index is 0.0104. The van der Waals surface area contributed by atoms with Gasteiger partial charge in [-0.2, -0.15) is 13.2 Å². The van der Waals surface area contributed by atoms with E-state index in [9.17, 15) is 33.3 Å². The summed E-state index contributed by atoms with van der Waals surface area (Å²) in [5.74, 6) is -0.907. The highest BCUT2D eigenvalue weighted by Gasteiger charge is 2.39. The maximum Gasteiger partial charge on any atom is 0.416 e. The average molecular weight is 473 g/mol. The summed E-state index contributed by atoms with van der Waals surface area (Å²) >= 11 is 0. The molecule has 1 aromatic rings. The Bertz CT molecular complexity index is 808. The van der Waals surface area contributed by atoms with Gasteiger partial charge in [0.2, 0.25) is 0 Å². The van der Waals surface area contributed by atoms with Gasteiger partial charge in [0, 0.05) is 18.8 Å². The van der Waals surface area contributed by atoms with Crippen molar-refractivity contribution < 1.29 is 42.8 Å². The molecule has 2 rings (SSSR count). The molecule has 0 bridgehead atoms. The van der Waals surface area contributed by atoms with Crippen LogP contribution in [0.3, 0.4) is 0 Å². The van der Waals surface area contributed by atoms with Crippen molar-refractivity contribution >= 4 is 5.97 Å². The summed E-state index contributed by atoms with van der Waals surface area (Å²) in [6.07, 6.45) is 2.21. The van der Waals surface area contributed by atoms with E-state index in [2.05, 4.69) is 4.74 Å². The van der Waals surface area contributed by atoms with Gasteiger partial charge in [-0.1, -0.05) is 30.4 Å². The molecule has 184 valence electrons. The van der Waals surface area contributed by atoms with Crippen LogP contribution in [0.1, 0.15) is 37.7 Å². The number of aliphatic hydroxyl groups excluding tert-OH is 3. The van der Waals surface area contributed by atoms with E-state index in [1.807, 2.05) is 12.2 Å². The van der Waals surface area contributed by atoms with Crippen molar-refractivity contribution in [3.63, 3.8) is 0 Å². The summed E-state index contributed by atoms with van der Waals surface area (Å²) in [7, 11) is 1.34. The van der Waals surface area contributed by atoms with E-state index in [1.165, 1.54) is 25.3 Å². The summed E-state index contributed by atoms with van der Waals surface area (Å²) in [4.78, 5) is 11.1. The predicted octanol–water partition coefficient (Wildman–Crippen LogP) is 3.65. The highest BCUT2D eigenvalue weighted by molar-refractivity contribution is 5.69. The number of hydrogen-bond acceptors (Lipinski definition) is 6. The predicted molar refractivity (Wildman–Crippen MR) is 115 cm³/mol. The van der Waals surface area contributed by atoms with Crippen molar-refractivity contribution in [3.8, 4) is 5.75 Å². The van der Waals surface area contributed by atoms with Gasteiger partial charge in [-0.3, -0.25) is 4.79 Å². The first kappa shape index (κ1) is 26.9. The van der Waals surface area contributed by atoms with Gasteiger partial charge in [-0.25, -0.2) is 0 Å². The minimum Gasteiger partial charge on any atom is -0.491 e. The first-order valence-corrected chi connectivity index (χ1v) is 10.9. The zero-order chi connectivity index (χ0) is 24.4. The number of aliphatic hydroxyl groups is 3. The molecule has 0 heterocycles. The van der Waals surface area contributed by atoms with Crippen molar-refractivity contribution in [2.45, 2.75) is 56.6 Å². The largest absolute Gasteiger partial charge is 0.491 e. The van der Waals surface area contributed by atoms with Crippen LogP contribution in [0.25, 0.3) is 0 Å². The molecule has 5 atom stereocenters. The average Bonchev–Trinajstić information content (AvgIpc) is 3.04. The van der Waals surface area contributed by atoms with E-state index in [1.54, 1.807) is 6.08 Å². The number of hydrogen-bond donors (Lipinski definition) is 3. The van der Waals surface area contributed by atoms with Crippen molar-refractivity contribution in [2.24, 2.45) is 11.8 Å². The van der Waals surface area contributed by atoms with E-state index in [4.69, 9.17) is 4.74 Å². The lowest BCUT2D eigenvalue weighted by atomic mass is 9.89. The molecule has 0 spiro atoms. The molecule has 0 aliphatic heterocycles. The number of benzene rings is 1. The normalized spacial score (nSPS) is 24.5. The maximum absolute atomic E-state index is 12.8. The Morgan fingerprint density at radius 3 is 2.70 bits per heavy atom. The third kappa shape index (κ3) is 8.83. The Labute approximate surface area is 191 Å². The summed E-state index contributed by atoms with van der Waals surface area (Å²) < 4.78 is 48.2. The van der Waals surface area contributed by atoms with Crippen LogP contribution >= 0.6 is 0 Å². The van der Waals surface area contributed by atoms with Crippen LogP contribution in [0.2, 0.25) is 0 Å². The molecule has 3 N–H and O–H groups in total. The third-order valence-electron chi connectivity index (χ3n) is 5.61. The number of carbonyl (C=O) groups excluding carboxylic acids is 1. The first-order chi connectivity index (χ1) is 15.6. The quantitative estimate of drug-likeness (QED) is 0.259. The summed E-state index contributed by atoms with van der Waals surface area (Å²) in [6.45, 7) is -0.256. The topological polar surface area (TPSA) is 96.2 Å². The number of esters is 1. The van der Waals surface area contributed by atoms with Crippen molar-refractivity contribution in [1.82, 2.24) is 0 Å². The molecular weight excluding hydrogens is 441 g/mol. The van der Waals surface area contributed by atoms with Gasteiger partial charge < -0.3 is 24.8 Å². The zero-order valence-corrected chi connectivity index (χ0v) is 18.4. The van der Waals surface area contributed by atoms with Gasteiger partial charge in [0.05, 0.1) is 24.9 Å². The molecular formula is C24H31F3O6. The van der Waals surface area contributed by atoms with Gasteiger partial charge in [-0.15, -0.1) is 0 Å². The van der Waals surface area contributed by atoms with Crippen LogP contribution in [0, 0.1) is 11.8 Å². The fraction of sp³-hybridized carbons (Fsp3) is 0.542. The standard InChI is InChI=1S/C24H31F3O6/c1-32-23(31)10-5-3-2-4-9-19-20(22(30)14-21(19)29)12-11-17(28)15-33-18-8-6-7-16(13-18)24(25,26)27/h2,4,6-8,11-13,17,19-22,28-30H,3,5,9-10,14-15H2,1H3/b4-2-,12-11+/t17-,19-,20-,21+,22-/m1/s1. The monoisotopic (exact) mass is 472 g/mol. The zero-order valence-electron chi connectivity index (χ0n) is 18.4. The molecule has 0 unspecified atom stereocenters. The molecule has 0 saturated heterocycles. The number of halogens is 3. The SMILES string of the molecule is COC(=O)CCC/C=C\C[C@@H]1[C@@H](/C=C/[C@@H](O)COc2cccc(C(F)(F)F)c2)[C@H](O)C[C@@H]1O. The van der Waals surface area contributed by atoms with Crippen LogP contribution in [0.4, 0.5) is 13.2 Å². The number of rotatable bonds is 11. The number of unbranched alkanes of at least 4 members (excludes halogenated alkanes) is 1. The molecule has 0 amide bonds. The van der Waals surface area contributed by atoms with Gasteiger partial charge in [-0.05, 0) is 43.4 Å². The number of methoxy groups -OCH3 is 1. The number of allylic oxidation sites excluding steroid dienone is 2. The van der Waals surface area contributed by atoms with Gasteiger partial charge in [0.15, 0.2) is 0 Å². The summed E-state index contributed by atoms with van der Waals surface area (Å²) in [5.41, 5.74) is -0.839. The van der Waals surface area contributed by atoms with Gasteiger partial charge >= 0.3 is 12.1 Å². The molecule has 1 aliphatic carbocycles. The Kier molecular flexibility index (Phi) is 10.4. The van der Waals surface area contributed by atoms with E-state index in [0.29, 0.717) is 25.7 Å². The molecule has 33 heavy (non-hydrogen) atoms. The van der Waals surface area contributed by atoms with Gasteiger partial charge in [0.1, 0.15) is 18.5 Å². The fourth-order valence-electron chi connectivity index (χ4n) is 3.80. The highest BCUT2D eigenvalue weighted by Crippen LogP contribution is 2.36. The third-order valence-corrected chi connectivity index (χ3v) is 5.61. The van der Waals surface area contributed by atoms with Crippen LogP contribution < -0.4 is 4.74 Å². The van der Waals surface area contributed by atoms with Crippen LogP contribution in [-0.2, 0) is 15.7 Å². The number of ether oxygens (including phenoxy) is 2. The van der Waals surface area contributed by atoms with Crippen molar-refractivity contribution in [1.29, 1.82) is 0 Å². The second-order valence-corrected chi connectivity index (χ2v) is 8.08. The lowest BCUT2D eigenvalue weighted by Gasteiger charge is -2.19. The molecule has 1 aliphatic rings. The molecule has 0 radical (unpaired) electrons. The Hall–Kier alpha value is -2.36. The molecule has 1 aromatic carbocycles. The fourth-order valence-corrected chi connectivity index (χ4v) is 3.80. The second kappa shape index (κ2) is 12.8. The molecule has 1 saturated carbocycles. The molecule has 9 heteroatoms. The Morgan fingerprint density at radius 2 is 2.00 bits per heavy atom. The smallest absolute Gasteiger partial charge is 0.416 e. The molecule has 6 nitrogen and oxygen atoms in total. The maximum atomic E-state index is 12.8. The highest BCUT2D eigenvalue weighted by atomic mass is 19.4. The van der Waals surface area contributed by atoms with Crippen molar-refractivity contribution in [2.75, 3.05) is 13.7 Å².